The Kier molecular flexibility index (Phi) is 6.63. The minimum absolute atomic E-state index is 0.716. The third-order valence-corrected chi connectivity index (χ3v) is 3.78. The predicted octanol–water partition coefficient (Wildman–Crippen LogP) is 5.51. The maximum Gasteiger partial charge on any atom is 0.0797 e. The maximum atomic E-state index is 6.01. The molecule has 1 aromatic rings. The molecule has 22 heavy (non-hydrogen) atoms. The maximum absolute atomic E-state index is 6.01. The van der Waals surface area contributed by atoms with Crippen LogP contribution in [0.25, 0.3) is 0 Å². The Morgan fingerprint density at radius 3 is 2.00 bits per heavy atom. The molecule has 0 bridgehead atoms. The molecular formula is C19H25ClN2. The summed E-state index contributed by atoms with van der Waals surface area (Å²) in [6.07, 6.45) is 0. The van der Waals surface area contributed by atoms with Gasteiger partial charge in [0.15, 0.2) is 0 Å². The minimum atomic E-state index is 0.716. The molecule has 0 fully saturated rings. The van der Waals surface area contributed by atoms with Crippen molar-refractivity contribution >= 4 is 17.3 Å². The first-order chi connectivity index (χ1) is 10.3. The van der Waals surface area contributed by atoms with E-state index in [1.807, 2.05) is 38.2 Å². The summed E-state index contributed by atoms with van der Waals surface area (Å²) in [6.45, 7) is 14.2. The molecule has 0 amide bonds. The zero-order chi connectivity index (χ0) is 16.9. The van der Waals surface area contributed by atoms with Crippen LogP contribution in [0.3, 0.4) is 0 Å². The van der Waals surface area contributed by atoms with E-state index >= 15 is 0 Å². The van der Waals surface area contributed by atoms with Gasteiger partial charge in [0.05, 0.1) is 5.71 Å². The molecule has 0 aliphatic carbocycles. The summed E-state index contributed by atoms with van der Waals surface area (Å²) in [4.78, 5) is 4.70. The van der Waals surface area contributed by atoms with Gasteiger partial charge in [0, 0.05) is 34.6 Å². The average Bonchev–Trinajstić information content (AvgIpc) is 2.46. The fraction of sp³-hybridized carbons (Fsp3) is 0.316. The van der Waals surface area contributed by atoms with Crippen molar-refractivity contribution in [1.82, 2.24) is 5.32 Å². The SMILES string of the molecule is C=C(C)/N=C(\C(C(C)=C(C)C)=C(\C)NC)c1ccc(Cl)cc1. The second kappa shape index (κ2) is 8.00. The molecule has 0 aliphatic heterocycles. The summed E-state index contributed by atoms with van der Waals surface area (Å²) in [5, 5.41) is 3.96. The zero-order valence-corrected chi connectivity index (χ0v) is 15.1. The first-order valence-corrected chi connectivity index (χ1v) is 7.69. The van der Waals surface area contributed by atoms with Crippen molar-refractivity contribution in [1.29, 1.82) is 0 Å². The Morgan fingerprint density at radius 1 is 1.05 bits per heavy atom. The van der Waals surface area contributed by atoms with Crippen LogP contribution in [0, 0.1) is 0 Å². The highest BCUT2D eigenvalue weighted by molar-refractivity contribution is 6.30. The van der Waals surface area contributed by atoms with Crippen molar-refractivity contribution in [3.05, 3.63) is 69.5 Å². The number of nitrogens with zero attached hydrogens (tertiary/aromatic N) is 1. The topological polar surface area (TPSA) is 24.4 Å². The van der Waals surface area contributed by atoms with Crippen LogP contribution in [0.4, 0.5) is 0 Å². The smallest absolute Gasteiger partial charge is 0.0797 e. The van der Waals surface area contributed by atoms with E-state index in [1.54, 1.807) is 0 Å². The first-order valence-electron chi connectivity index (χ1n) is 7.31. The Bertz CT molecular complexity index is 643. The molecule has 0 aliphatic rings. The van der Waals surface area contributed by atoms with Crippen molar-refractivity contribution < 1.29 is 0 Å². The van der Waals surface area contributed by atoms with Gasteiger partial charge in [0.25, 0.3) is 0 Å². The summed E-state index contributed by atoms with van der Waals surface area (Å²) in [6, 6.07) is 7.75. The van der Waals surface area contributed by atoms with Crippen molar-refractivity contribution in [2.45, 2.75) is 34.6 Å². The molecule has 1 rings (SSSR count). The molecule has 1 aromatic carbocycles. The summed E-state index contributed by atoms with van der Waals surface area (Å²) >= 11 is 6.01. The molecule has 3 heteroatoms. The van der Waals surface area contributed by atoms with Crippen LogP contribution in [0.2, 0.25) is 5.02 Å². The van der Waals surface area contributed by atoms with Gasteiger partial charge in [-0.25, -0.2) is 0 Å². The van der Waals surface area contributed by atoms with E-state index < -0.39 is 0 Å². The van der Waals surface area contributed by atoms with Crippen LogP contribution < -0.4 is 5.32 Å². The lowest BCUT2D eigenvalue weighted by Crippen LogP contribution is -2.15. The van der Waals surface area contributed by atoms with Crippen molar-refractivity contribution in [2.24, 2.45) is 4.99 Å². The highest BCUT2D eigenvalue weighted by atomic mass is 35.5. The fourth-order valence-electron chi connectivity index (χ4n) is 2.07. The van der Waals surface area contributed by atoms with Crippen LogP contribution >= 0.6 is 11.6 Å². The van der Waals surface area contributed by atoms with Gasteiger partial charge in [-0.2, -0.15) is 0 Å². The van der Waals surface area contributed by atoms with Crippen LogP contribution in [-0.2, 0) is 0 Å². The van der Waals surface area contributed by atoms with Crippen LogP contribution in [-0.4, -0.2) is 12.8 Å². The number of halogens is 1. The standard InChI is InChI=1S/C19H25ClN2/c1-12(2)14(5)18(15(6)21-7)19(22-13(3)4)16-8-10-17(20)11-9-16/h8-11,21H,3H2,1-2,4-7H3/b18-15-,22-19-. The molecule has 0 aromatic heterocycles. The van der Waals surface area contributed by atoms with E-state index in [4.69, 9.17) is 16.6 Å². The summed E-state index contributed by atoms with van der Waals surface area (Å²) in [5.74, 6) is 0. The Labute approximate surface area is 139 Å². The predicted molar refractivity (Wildman–Crippen MR) is 98.6 cm³/mol. The van der Waals surface area contributed by atoms with Gasteiger partial charge in [0.2, 0.25) is 0 Å². The van der Waals surface area contributed by atoms with Crippen LogP contribution in [0.1, 0.15) is 40.2 Å². The molecule has 0 saturated heterocycles. The highest BCUT2D eigenvalue weighted by Crippen LogP contribution is 2.24. The molecule has 1 N–H and O–H groups in total. The molecule has 0 atom stereocenters. The van der Waals surface area contributed by atoms with Crippen LogP contribution in [0.15, 0.2) is 64.0 Å². The second-order valence-electron chi connectivity index (χ2n) is 5.58. The summed E-state index contributed by atoms with van der Waals surface area (Å²) < 4.78 is 0. The monoisotopic (exact) mass is 316 g/mol. The summed E-state index contributed by atoms with van der Waals surface area (Å²) in [7, 11) is 1.92. The van der Waals surface area contributed by atoms with Crippen LogP contribution in [0.5, 0.6) is 0 Å². The number of nitrogens with one attached hydrogen (secondary N) is 1. The van der Waals surface area contributed by atoms with E-state index in [1.165, 1.54) is 11.1 Å². The molecule has 0 spiro atoms. The van der Waals surface area contributed by atoms with E-state index in [2.05, 4.69) is 39.6 Å². The number of benzene rings is 1. The largest absolute Gasteiger partial charge is 0.391 e. The number of allylic oxidation sites excluding steroid dienone is 5. The number of aliphatic imine (C=N–C) groups is 1. The van der Waals surface area contributed by atoms with Gasteiger partial charge in [-0.15, -0.1) is 0 Å². The van der Waals surface area contributed by atoms with Crippen molar-refractivity contribution in [2.75, 3.05) is 7.05 Å². The normalized spacial score (nSPS) is 12.6. The number of rotatable bonds is 5. The molecule has 0 radical (unpaired) electrons. The van der Waals surface area contributed by atoms with Gasteiger partial charge >= 0.3 is 0 Å². The summed E-state index contributed by atoms with van der Waals surface area (Å²) in [5.41, 5.74) is 7.36. The quantitative estimate of drug-likeness (QED) is 0.562. The lowest BCUT2D eigenvalue weighted by atomic mass is 9.92. The second-order valence-corrected chi connectivity index (χ2v) is 6.01. The number of hydrogen-bond acceptors (Lipinski definition) is 2. The third-order valence-electron chi connectivity index (χ3n) is 3.53. The lowest BCUT2D eigenvalue weighted by molar-refractivity contribution is 0.972. The Balaban J connectivity index is 3.65. The average molecular weight is 317 g/mol. The Morgan fingerprint density at radius 2 is 1.59 bits per heavy atom. The van der Waals surface area contributed by atoms with Gasteiger partial charge in [0.1, 0.15) is 0 Å². The molecule has 118 valence electrons. The van der Waals surface area contributed by atoms with Crippen molar-refractivity contribution in [3.8, 4) is 0 Å². The van der Waals surface area contributed by atoms with Gasteiger partial charge in [-0.1, -0.05) is 35.9 Å². The fourth-order valence-corrected chi connectivity index (χ4v) is 2.20. The molecule has 0 saturated carbocycles. The van der Waals surface area contributed by atoms with Gasteiger partial charge in [-0.05, 0) is 52.3 Å². The number of hydrogen-bond donors (Lipinski definition) is 1. The van der Waals surface area contributed by atoms with Gasteiger partial charge in [-0.3, -0.25) is 4.99 Å². The van der Waals surface area contributed by atoms with Gasteiger partial charge < -0.3 is 5.32 Å². The molecule has 0 heterocycles. The lowest BCUT2D eigenvalue weighted by Gasteiger charge is -2.18. The third kappa shape index (κ3) is 4.60. The zero-order valence-electron chi connectivity index (χ0n) is 14.3. The minimum Gasteiger partial charge on any atom is -0.391 e. The van der Waals surface area contributed by atoms with E-state index in [0.29, 0.717) is 5.02 Å². The first kappa shape index (κ1) is 18.2. The Hall–Kier alpha value is -1.80. The van der Waals surface area contributed by atoms with E-state index in [-0.39, 0.29) is 0 Å². The van der Waals surface area contributed by atoms with Crippen molar-refractivity contribution in [3.63, 3.8) is 0 Å². The molecule has 2 nitrogen and oxygen atoms in total. The van der Waals surface area contributed by atoms with E-state index in [0.717, 1.165) is 28.2 Å². The molecule has 0 unspecified atom stereocenters. The highest BCUT2D eigenvalue weighted by Gasteiger charge is 2.16. The molecular weight excluding hydrogens is 292 g/mol. The van der Waals surface area contributed by atoms with E-state index in [9.17, 15) is 0 Å².